The molecule has 3 heterocycles. The van der Waals surface area contributed by atoms with Crippen LogP contribution in [0, 0.1) is 6.92 Å². The fourth-order valence-electron chi connectivity index (χ4n) is 3.25. The second kappa shape index (κ2) is 6.09. The molecular weight excluding hydrogens is 300 g/mol. The van der Waals surface area contributed by atoms with E-state index < -0.39 is 0 Å². The zero-order valence-corrected chi connectivity index (χ0v) is 13.7. The minimum Gasteiger partial charge on any atom is -0.460 e. The highest BCUT2D eigenvalue weighted by Crippen LogP contribution is 2.30. The van der Waals surface area contributed by atoms with Gasteiger partial charge < -0.3 is 10.2 Å². The van der Waals surface area contributed by atoms with Crippen LogP contribution in [0.5, 0.6) is 0 Å². The Balaban J connectivity index is 1.63. The molecule has 2 aromatic heterocycles. The number of furan rings is 1. The van der Waals surface area contributed by atoms with Gasteiger partial charge in [0.25, 0.3) is 0 Å². The van der Waals surface area contributed by atoms with Gasteiger partial charge in [-0.3, -0.25) is 4.90 Å². The summed E-state index contributed by atoms with van der Waals surface area (Å²) in [6.07, 6.45) is 0.900. The van der Waals surface area contributed by atoms with Crippen molar-refractivity contribution in [2.45, 2.75) is 26.4 Å². The maximum absolute atomic E-state index is 5.94. The van der Waals surface area contributed by atoms with Gasteiger partial charge in [-0.05, 0) is 31.0 Å². The quantitative estimate of drug-likeness (QED) is 0.802. The molecule has 0 saturated carbocycles. The lowest BCUT2D eigenvalue weighted by atomic mass is 10.0. The van der Waals surface area contributed by atoms with Crippen LogP contribution >= 0.6 is 0 Å². The minimum absolute atomic E-state index is 0.305. The van der Waals surface area contributed by atoms with Gasteiger partial charge in [0.15, 0.2) is 5.76 Å². The summed E-state index contributed by atoms with van der Waals surface area (Å²) in [5.41, 5.74) is 10.3. The molecule has 5 heteroatoms. The molecular formula is C19H20N4O. The van der Waals surface area contributed by atoms with Gasteiger partial charge in [0, 0.05) is 25.2 Å². The normalized spacial score (nSPS) is 14.5. The van der Waals surface area contributed by atoms with Crippen molar-refractivity contribution in [3.05, 3.63) is 65.0 Å². The molecule has 0 spiro atoms. The highest BCUT2D eigenvalue weighted by Gasteiger charge is 2.23. The van der Waals surface area contributed by atoms with Crippen molar-refractivity contribution in [2.24, 2.45) is 0 Å². The lowest BCUT2D eigenvalue weighted by molar-refractivity contribution is 0.241. The summed E-state index contributed by atoms with van der Waals surface area (Å²) < 4.78 is 5.75. The van der Waals surface area contributed by atoms with Crippen molar-refractivity contribution in [2.75, 3.05) is 12.3 Å². The number of nitrogens with two attached hydrogens (primary N) is 1. The molecule has 0 atom stereocenters. The lowest BCUT2D eigenvalue weighted by Gasteiger charge is -2.28. The smallest absolute Gasteiger partial charge is 0.220 e. The Kier molecular flexibility index (Phi) is 3.78. The van der Waals surface area contributed by atoms with E-state index in [1.165, 1.54) is 5.56 Å². The minimum atomic E-state index is 0.305. The van der Waals surface area contributed by atoms with Crippen molar-refractivity contribution in [1.29, 1.82) is 0 Å². The van der Waals surface area contributed by atoms with E-state index >= 15 is 0 Å². The summed E-state index contributed by atoms with van der Waals surface area (Å²) >= 11 is 0. The van der Waals surface area contributed by atoms with Crippen LogP contribution < -0.4 is 5.73 Å². The number of hydrogen-bond donors (Lipinski definition) is 1. The number of nitrogen functional groups attached to an aromatic ring is 1. The second-order valence-corrected chi connectivity index (χ2v) is 6.21. The molecule has 122 valence electrons. The zero-order valence-electron chi connectivity index (χ0n) is 13.7. The first kappa shape index (κ1) is 14.9. The fourth-order valence-corrected chi connectivity index (χ4v) is 3.25. The van der Waals surface area contributed by atoms with Gasteiger partial charge in [0.05, 0.1) is 5.69 Å². The Morgan fingerprint density at radius 3 is 2.71 bits per heavy atom. The van der Waals surface area contributed by atoms with Gasteiger partial charge in [-0.2, -0.15) is 0 Å². The lowest BCUT2D eigenvalue weighted by Crippen LogP contribution is -2.31. The molecule has 24 heavy (non-hydrogen) atoms. The first-order valence-corrected chi connectivity index (χ1v) is 8.17. The first-order valence-electron chi connectivity index (χ1n) is 8.17. The molecule has 1 aliphatic rings. The molecule has 3 aromatic rings. The van der Waals surface area contributed by atoms with Gasteiger partial charge in [0.2, 0.25) is 5.95 Å². The summed E-state index contributed by atoms with van der Waals surface area (Å²) in [5, 5.41) is 0. The van der Waals surface area contributed by atoms with Crippen molar-refractivity contribution in [3.8, 4) is 11.5 Å². The molecule has 2 N–H and O–H groups in total. The number of nitrogens with zero attached hydrogens (tertiary/aromatic N) is 3. The van der Waals surface area contributed by atoms with Crippen LogP contribution in [0.15, 0.2) is 46.9 Å². The van der Waals surface area contributed by atoms with E-state index in [2.05, 4.69) is 39.1 Å². The molecule has 1 aromatic carbocycles. The van der Waals surface area contributed by atoms with Crippen LogP contribution in [0.4, 0.5) is 5.95 Å². The third-order valence-electron chi connectivity index (χ3n) is 4.38. The van der Waals surface area contributed by atoms with E-state index in [0.717, 1.165) is 54.5 Å². The molecule has 0 radical (unpaired) electrons. The van der Waals surface area contributed by atoms with Crippen molar-refractivity contribution >= 4 is 5.95 Å². The highest BCUT2D eigenvalue weighted by molar-refractivity contribution is 5.60. The molecule has 0 unspecified atom stereocenters. The molecule has 5 nitrogen and oxygen atoms in total. The van der Waals surface area contributed by atoms with E-state index in [-0.39, 0.29) is 0 Å². The Morgan fingerprint density at radius 1 is 1.12 bits per heavy atom. The molecule has 1 aliphatic heterocycles. The number of anilines is 1. The average Bonchev–Trinajstić information content (AvgIpc) is 3.01. The summed E-state index contributed by atoms with van der Waals surface area (Å²) in [6, 6.07) is 14.4. The maximum atomic E-state index is 5.94. The number of aromatic nitrogens is 2. The Morgan fingerprint density at radius 2 is 1.96 bits per heavy atom. The van der Waals surface area contributed by atoms with Crippen molar-refractivity contribution in [3.63, 3.8) is 0 Å². The molecule has 4 rings (SSSR count). The predicted molar refractivity (Wildman–Crippen MR) is 93.1 cm³/mol. The zero-order chi connectivity index (χ0) is 16.5. The van der Waals surface area contributed by atoms with Gasteiger partial charge in [-0.15, -0.1) is 0 Å². The largest absolute Gasteiger partial charge is 0.460 e. The van der Waals surface area contributed by atoms with E-state index in [1.54, 1.807) is 0 Å². The van der Waals surface area contributed by atoms with E-state index in [1.807, 2.05) is 25.1 Å². The molecule has 0 aliphatic carbocycles. The topological polar surface area (TPSA) is 68.2 Å². The van der Waals surface area contributed by atoms with Crippen LogP contribution in [0.1, 0.15) is 22.6 Å². The Labute approximate surface area is 141 Å². The first-order chi connectivity index (χ1) is 11.7. The third kappa shape index (κ3) is 2.90. The summed E-state index contributed by atoms with van der Waals surface area (Å²) in [6.45, 7) is 4.60. The number of aryl methyl sites for hydroxylation is 1. The van der Waals surface area contributed by atoms with Crippen molar-refractivity contribution < 1.29 is 4.42 Å². The van der Waals surface area contributed by atoms with Gasteiger partial charge in [-0.1, -0.05) is 30.3 Å². The average molecular weight is 320 g/mol. The summed E-state index contributed by atoms with van der Waals surface area (Å²) in [4.78, 5) is 11.3. The van der Waals surface area contributed by atoms with E-state index in [9.17, 15) is 0 Å². The molecule has 0 saturated heterocycles. The summed E-state index contributed by atoms with van der Waals surface area (Å²) in [5.74, 6) is 1.95. The standard InChI is InChI=1S/C19H20N4O/c1-13-7-8-17(24-13)18-15-9-10-23(11-14-5-3-2-4-6-14)12-16(15)21-19(20)22-18/h2-8H,9-12H2,1H3,(H2,20,21,22). The van der Waals surface area contributed by atoms with Gasteiger partial charge in [-0.25, -0.2) is 9.97 Å². The van der Waals surface area contributed by atoms with Gasteiger partial charge >= 0.3 is 0 Å². The van der Waals surface area contributed by atoms with E-state index in [4.69, 9.17) is 10.2 Å². The maximum Gasteiger partial charge on any atom is 0.220 e. The SMILES string of the molecule is Cc1ccc(-c2nc(N)nc3c2CCN(Cc2ccccc2)C3)o1. The van der Waals surface area contributed by atoms with Gasteiger partial charge in [0.1, 0.15) is 11.5 Å². The number of fused-ring (bicyclic) bond motifs is 1. The third-order valence-corrected chi connectivity index (χ3v) is 4.38. The number of rotatable bonds is 3. The summed E-state index contributed by atoms with van der Waals surface area (Å²) in [7, 11) is 0. The van der Waals surface area contributed by atoms with Crippen LogP contribution in [0.3, 0.4) is 0 Å². The monoisotopic (exact) mass is 320 g/mol. The Hall–Kier alpha value is -2.66. The van der Waals surface area contributed by atoms with Crippen LogP contribution in [0.2, 0.25) is 0 Å². The van der Waals surface area contributed by atoms with Crippen molar-refractivity contribution in [1.82, 2.24) is 14.9 Å². The number of hydrogen-bond acceptors (Lipinski definition) is 5. The van der Waals surface area contributed by atoms with Crippen LogP contribution in [-0.4, -0.2) is 21.4 Å². The molecule has 0 fully saturated rings. The molecule has 0 bridgehead atoms. The van der Waals surface area contributed by atoms with E-state index in [0.29, 0.717) is 5.95 Å². The number of benzene rings is 1. The Bertz CT molecular complexity index is 857. The second-order valence-electron chi connectivity index (χ2n) is 6.21. The predicted octanol–water partition coefficient (Wildman–Crippen LogP) is 3.19. The molecule has 0 amide bonds. The van der Waals surface area contributed by atoms with Crippen LogP contribution in [-0.2, 0) is 19.5 Å². The highest BCUT2D eigenvalue weighted by atomic mass is 16.3. The fraction of sp³-hybridized carbons (Fsp3) is 0.263. The van der Waals surface area contributed by atoms with Crippen LogP contribution in [0.25, 0.3) is 11.5 Å².